The third kappa shape index (κ3) is 13.7. The summed E-state index contributed by atoms with van der Waals surface area (Å²) in [5.74, 6) is -1.71. The van der Waals surface area contributed by atoms with Crippen molar-refractivity contribution >= 4 is 19.1 Å². The molecule has 0 bridgehead atoms. The molecule has 0 fully saturated rings. The Morgan fingerprint density at radius 2 is 1.17 bits per heavy atom. The van der Waals surface area contributed by atoms with E-state index in [2.05, 4.69) is 33.0 Å². The van der Waals surface area contributed by atoms with Gasteiger partial charge in [0.05, 0.1) is 37.2 Å². The largest absolute Gasteiger partial charge is 0.548 e. The fourth-order valence-electron chi connectivity index (χ4n) is 3.49. The first-order chi connectivity index (χ1) is 14.4. The van der Waals surface area contributed by atoms with Gasteiger partial charge in [-0.25, -0.2) is 0 Å². The molecule has 0 aliphatic heterocycles. The lowest BCUT2D eigenvalue weighted by Crippen LogP contribution is -2.37. The summed E-state index contributed by atoms with van der Waals surface area (Å²) in [7, 11) is -0.562. The maximum Gasteiger partial charge on any atom is 0.251 e. The molecule has 0 aliphatic rings. The predicted octanol–water partition coefficient (Wildman–Crippen LogP) is 5.37. The molecule has 0 saturated heterocycles. The molecule has 30 heavy (non-hydrogen) atoms. The molecule has 0 atom stereocenters. The van der Waals surface area contributed by atoms with E-state index in [1.165, 1.54) is 51.4 Å². The van der Waals surface area contributed by atoms with Crippen molar-refractivity contribution < 1.29 is 14.7 Å². The number of rotatable bonds is 15. The van der Waals surface area contributed by atoms with E-state index in [1.807, 2.05) is 0 Å². The molecule has 1 aromatic carbocycles. The Hall–Kier alpha value is -1.41. The van der Waals surface area contributed by atoms with E-state index in [0.29, 0.717) is 5.56 Å². The number of carbonyl (C=O) groups is 2. The third-order valence-electron chi connectivity index (χ3n) is 5.37. The average Bonchev–Trinajstić information content (AvgIpc) is 2.77. The fourth-order valence-corrected chi connectivity index (χ4v) is 8.78. The molecule has 0 radical (unpaired) electrons. The van der Waals surface area contributed by atoms with E-state index in [-0.39, 0.29) is 0 Å². The van der Waals surface area contributed by atoms with Crippen LogP contribution in [0.25, 0.3) is 0 Å². The summed E-state index contributed by atoms with van der Waals surface area (Å²) in [6.07, 6.45) is 17.9. The molecular formula is C25H44NO3P. The van der Waals surface area contributed by atoms with Gasteiger partial charge in [-0.1, -0.05) is 71.6 Å². The summed E-state index contributed by atoms with van der Waals surface area (Å²) < 4.78 is 0. The van der Waals surface area contributed by atoms with Crippen LogP contribution in [-0.4, -0.2) is 43.1 Å². The third-order valence-corrected chi connectivity index (χ3v) is 10.4. The number of carbonyl (C=O) groups excluding carboxylic acids is 2. The average molecular weight is 438 g/mol. The number of benzene rings is 1. The van der Waals surface area contributed by atoms with Crippen LogP contribution in [0, 0.1) is 0 Å². The van der Waals surface area contributed by atoms with E-state index in [4.69, 9.17) is 0 Å². The van der Waals surface area contributed by atoms with Crippen molar-refractivity contribution in [1.29, 1.82) is 0 Å². The molecule has 4 nitrogen and oxygen atoms in total. The Kier molecular flexibility index (Phi) is 17.5. The Morgan fingerprint density at radius 3 is 1.50 bits per heavy atom. The van der Waals surface area contributed by atoms with Gasteiger partial charge in [0.25, 0.3) is 5.91 Å². The first-order valence-corrected chi connectivity index (χ1v) is 14.4. The molecule has 172 valence electrons. The lowest BCUT2D eigenvalue weighted by atomic mass is 10.2. The Balaban J connectivity index is 0.000000579. The summed E-state index contributed by atoms with van der Waals surface area (Å²) in [5.41, 5.74) is 0.434. The van der Waals surface area contributed by atoms with Crippen molar-refractivity contribution in [1.82, 2.24) is 5.32 Å². The number of hydrogen-bond acceptors (Lipinski definition) is 3. The van der Waals surface area contributed by atoms with E-state index in [0.717, 1.165) is 0 Å². The van der Waals surface area contributed by atoms with Gasteiger partial charge < -0.3 is 15.2 Å². The minimum Gasteiger partial charge on any atom is -0.548 e. The Bertz CT molecular complexity index is 525. The topological polar surface area (TPSA) is 69.2 Å². The summed E-state index contributed by atoms with van der Waals surface area (Å²) in [4.78, 5) is 21.2. The number of aliphatic carboxylic acids is 1. The zero-order valence-electron chi connectivity index (χ0n) is 19.8. The van der Waals surface area contributed by atoms with Gasteiger partial charge in [-0.2, -0.15) is 0 Å². The van der Waals surface area contributed by atoms with Crippen LogP contribution >= 0.6 is 7.26 Å². The standard InChI is InChI=1S/C16H36P.C9H9NO3/c1-5-9-13-17(14-10-6-2,15-11-7-3)16-12-8-4;11-8(12)6-10-9(13)7-4-2-1-3-5-7/h5-16H2,1-4H3;1-5H,6H2,(H,10,13)(H,11,12)/q+1;/p-1. The second-order valence-electron chi connectivity index (χ2n) is 8.07. The number of amides is 1. The van der Waals surface area contributed by atoms with Crippen LogP contribution in [0.1, 0.15) is 89.4 Å². The van der Waals surface area contributed by atoms with Crippen LogP contribution in [0.2, 0.25) is 0 Å². The summed E-state index contributed by atoms with van der Waals surface area (Å²) in [5, 5.41) is 12.2. The van der Waals surface area contributed by atoms with Crippen LogP contribution < -0.4 is 10.4 Å². The van der Waals surface area contributed by atoms with Crippen LogP contribution in [0.4, 0.5) is 0 Å². The number of nitrogens with one attached hydrogen (secondary N) is 1. The van der Waals surface area contributed by atoms with Crippen LogP contribution in [0.5, 0.6) is 0 Å². The van der Waals surface area contributed by atoms with Gasteiger partial charge >= 0.3 is 0 Å². The van der Waals surface area contributed by atoms with Gasteiger partial charge in [0.2, 0.25) is 0 Å². The van der Waals surface area contributed by atoms with Crippen LogP contribution in [0.15, 0.2) is 30.3 Å². The quantitative estimate of drug-likeness (QED) is 0.375. The first-order valence-electron chi connectivity index (χ1n) is 11.8. The fraction of sp³-hybridized carbons (Fsp3) is 0.680. The maximum absolute atomic E-state index is 11.1. The van der Waals surface area contributed by atoms with Gasteiger partial charge in [-0.3, -0.25) is 4.79 Å². The van der Waals surface area contributed by atoms with Gasteiger partial charge in [0.15, 0.2) is 0 Å². The molecule has 0 spiro atoms. The minimum atomic E-state index is -1.30. The van der Waals surface area contributed by atoms with E-state index >= 15 is 0 Å². The number of carboxylic acids is 1. The maximum atomic E-state index is 11.1. The van der Waals surface area contributed by atoms with Crippen molar-refractivity contribution in [3.8, 4) is 0 Å². The first kappa shape index (κ1) is 28.6. The summed E-state index contributed by atoms with van der Waals surface area (Å²) in [6.45, 7) is 8.96. The lowest BCUT2D eigenvalue weighted by molar-refractivity contribution is -0.303. The molecule has 1 amide bonds. The zero-order chi connectivity index (χ0) is 22.7. The summed E-state index contributed by atoms with van der Waals surface area (Å²) >= 11 is 0. The van der Waals surface area contributed by atoms with Gasteiger partial charge in [0.1, 0.15) is 0 Å². The monoisotopic (exact) mass is 437 g/mol. The molecule has 1 rings (SSSR count). The highest BCUT2D eigenvalue weighted by molar-refractivity contribution is 7.75. The number of hydrogen-bond donors (Lipinski definition) is 1. The van der Waals surface area contributed by atoms with Crippen molar-refractivity contribution in [2.45, 2.75) is 79.1 Å². The van der Waals surface area contributed by atoms with Crippen molar-refractivity contribution in [3.63, 3.8) is 0 Å². The highest BCUT2D eigenvalue weighted by atomic mass is 31.2. The van der Waals surface area contributed by atoms with E-state index < -0.39 is 25.7 Å². The van der Waals surface area contributed by atoms with Gasteiger partial charge in [0, 0.05) is 12.8 Å². The Morgan fingerprint density at radius 1 is 0.767 bits per heavy atom. The lowest BCUT2D eigenvalue weighted by Gasteiger charge is -2.28. The molecule has 0 aromatic heterocycles. The molecule has 5 heteroatoms. The highest BCUT2D eigenvalue weighted by Crippen LogP contribution is 2.61. The van der Waals surface area contributed by atoms with E-state index in [1.54, 1.807) is 55.0 Å². The minimum absolute atomic E-state index is 0.412. The second-order valence-corrected chi connectivity index (χ2v) is 12.5. The van der Waals surface area contributed by atoms with E-state index in [9.17, 15) is 14.7 Å². The number of carboxylic acid groups (broad SMARTS) is 1. The molecule has 0 unspecified atom stereocenters. The smallest absolute Gasteiger partial charge is 0.251 e. The van der Waals surface area contributed by atoms with Crippen LogP contribution in [0.3, 0.4) is 0 Å². The second kappa shape index (κ2) is 18.4. The SMILES string of the molecule is CCCC[P+](CCCC)(CCCC)CCCC.O=C([O-])CNC(=O)c1ccccc1. The summed E-state index contributed by atoms with van der Waals surface area (Å²) in [6, 6.07) is 8.38. The van der Waals surface area contributed by atoms with Crippen LogP contribution in [-0.2, 0) is 4.79 Å². The molecule has 0 aliphatic carbocycles. The molecule has 1 N–H and O–H groups in total. The van der Waals surface area contributed by atoms with Crippen molar-refractivity contribution in [3.05, 3.63) is 35.9 Å². The van der Waals surface area contributed by atoms with Crippen molar-refractivity contribution in [2.24, 2.45) is 0 Å². The van der Waals surface area contributed by atoms with Crippen molar-refractivity contribution in [2.75, 3.05) is 31.2 Å². The Labute approximate surface area is 185 Å². The molecule has 0 heterocycles. The molecular weight excluding hydrogens is 393 g/mol. The normalized spacial score (nSPS) is 10.8. The van der Waals surface area contributed by atoms with Gasteiger partial charge in [-0.05, 0) is 37.8 Å². The van der Waals surface area contributed by atoms with Gasteiger partial charge in [-0.15, -0.1) is 0 Å². The molecule has 1 aromatic rings. The number of unbranched alkanes of at least 4 members (excludes halogenated alkanes) is 4. The highest BCUT2D eigenvalue weighted by Gasteiger charge is 2.34. The predicted molar refractivity (Wildman–Crippen MR) is 130 cm³/mol. The molecule has 0 saturated carbocycles. The zero-order valence-corrected chi connectivity index (χ0v) is 20.6.